The minimum Gasteiger partial charge on any atom is -0.393 e. The number of ether oxygens (including phenoxy) is 1. The van der Waals surface area contributed by atoms with Crippen molar-refractivity contribution < 1.29 is 24.2 Å². The number of carbonyl (C=O) groups excluding carboxylic acids is 3. The van der Waals surface area contributed by atoms with E-state index in [0.717, 1.165) is 12.0 Å². The van der Waals surface area contributed by atoms with E-state index in [1.165, 1.54) is 10.5 Å². The number of likely N-dealkylation sites (tertiary alicyclic amines) is 1. The van der Waals surface area contributed by atoms with Crippen molar-refractivity contribution >= 4 is 17.8 Å². The van der Waals surface area contributed by atoms with Gasteiger partial charge in [-0.3, -0.25) is 14.4 Å². The smallest absolute Gasteiger partial charge is 0.317 e. The predicted octanol–water partition coefficient (Wildman–Crippen LogP) is 6.55. The maximum Gasteiger partial charge on any atom is 0.317 e. The van der Waals surface area contributed by atoms with Gasteiger partial charge in [0.05, 0.1) is 17.8 Å². The third kappa shape index (κ3) is 6.28. The van der Waals surface area contributed by atoms with Gasteiger partial charge in [0, 0.05) is 13.0 Å². The number of carbonyl (C=O) groups is 3. The maximum atomic E-state index is 13.9. The van der Waals surface area contributed by atoms with Crippen LogP contribution >= 0.6 is 0 Å². The molecule has 0 spiro atoms. The van der Waals surface area contributed by atoms with Crippen LogP contribution in [0.1, 0.15) is 90.2 Å². The van der Waals surface area contributed by atoms with Gasteiger partial charge in [0.2, 0.25) is 5.91 Å². The normalized spacial score (nSPS) is 26.8. The van der Waals surface area contributed by atoms with E-state index in [0.29, 0.717) is 19.3 Å². The zero-order valence-corrected chi connectivity index (χ0v) is 25.7. The molecule has 6 heteroatoms. The fraction of sp³-hybridized carbons (Fsp3) is 0.571. The van der Waals surface area contributed by atoms with Gasteiger partial charge in [-0.1, -0.05) is 109 Å². The molecule has 0 aliphatic carbocycles. The molecule has 0 saturated carbocycles. The summed E-state index contributed by atoms with van der Waals surface area (Å²) in [6, 6.07) is 20.5. The first-order chi connectivity index (χ1) is 19.3. The number of hydrogen-bond acceptors (Lipinski definition) is 5. The van der Waals surface area contributed by atoms with Crippen LogP contribution in [0.5, 0.6) is 0 Å². The first kappa shape index (κ1) is 31.0. The highest BCUT2D eigenvalue weighted by atomic mass is 16.6. The molecule has 2 heterocycles. The van der Waals surface area contributed by atoms with E-state index in [9.17, 15) is 19.5 Å². The SMILES string of the molecule is CCC(C)(C)C(CC1C(O)N(C)C(=O)C1C(C)(C)CC(CC1C(=O)OC(=O)C1C)c1ccccc1)c1ccccc1. The van der Waals surface area contributed by atoms with Crippen molar-refractivity contribution in [2.45, 2.75) is 85.3 Å². The molecule has 0 aromatic heterocycles. The molecule has 6 nitrogen and oxygen atoms in total. The summed E-state index contributed by atoms with van der Waals surface area (Å²) < 4.78 is 4.97. The first-order valence-corrected chi connectivity index (χ1v) is 15.1. The summed E-state index contributed by atoms with van der Waals surface area (Å²) in [5.74, 6) is -2.53. The Morgan fingerprint density at radius 3 is 1.95 bits per heavy atom. The summed E-state index contributed by atoms with van der Waals surface area (Å²) in [7, 11) is 1.70. The number of cyclic esters (lactones) is 2. The summed E-state index contributed by atoms with van der Waals surface area (Å²) in [5.41, 5.74) is 1.77. The third-order valence-electron chi connectivity index (χ3n) is 10.3. The molecule has 2 fully saturated rings. The van der Waals surface area contributed by atoms with Gasteiger partial charge in [-0.15, -0.1) is 0 Å². The van der Waals surface area contributed by atoms with Crippen molar-refractivity contribution in [2.24, 2.45) is 34.5 Å². The van der Waals surface area contributed by atoms with Crippen LogP contribution in [0.25, 0.3) is 0 Å². The van der Waals surface area contributed by atoms with Crippen molar-refractivity contribution in [1.82, 2.24) is 4.90 Å². The zero-order chi connectivity index (χ0) is 30.1. The van der Waals surface area contributed by atoms with Crippen LogP contribution in [0, 0.1) is 34.5 Å². The molecule has 2 aromatic carbocycles. The van der Waals surface area contributed by atoms with Crippen LogP contribution in [-0.4, -0.2) is 41.1 Å². The predicted molar refractivity (Wildman–Crippen MR) is 160 cm³/mol. The fourth-order valence-electron chi connectivity index (χ4n) is 7.34. The number of esters is 2. The Morgan fingerprint density at radius 2 is 1.44 bits per heavy atom. The number of benzene rings is 2. The third-order valence-corrected chi connectivity index (χ3v) is 10.3. The van der Waals surface area contributed by atoms with Crippen LogP contribution in [0.15, 0.2) is 60.7 Å². The van der Waals surface area contributed by atoms with Gasteiger partial charge in [-0.05, 0) is 53.1 Å². The molecule has 7 atom stereocenters. The Balaban J connectivity index is 1.68. The number of amides is 1. The van der Waals surface area contributed by atoms with E-state index in [-0.39, 0.29) is 29.1 Å². The minimum absolute atomic E-state index is 0.0297. The fourth-order valence-corrected chi connectivity index (χ4v) is 7.34. The van der Waals surface area contributed by atoms with Crippen LogP contribution < -0.4 is 0 Å². The second-order valence-corrected chi connectivity index (χ2v) is 13.7. The molecule has 41 heavy (non-hydrogen) atoms. The van der Waals surface area contributed by atoms with E-state index in [4.69, 9.17) is 4.74 Å². The molecular weight excluding hydrogens is 514 g/mol. The van der Waals surface area contributed by atoms with E-state index in [1.54, 1.807) is 14.0 Å². The highest BCUT2D eigenvalue weighted by Crippen LogP contribution is 2.53. The van der Waals surface area contributed by atoms with Gasteiger partial charge in [0.25, 0.3) is 0 Å². The number of aliphatic hydroxyl groups is 1. The Hall–Kier alpha value is -2.99. The maximum absolute atomic E-state index is 13.9. The highest BCUT2D eigenvalue weighted by molar-refractivity contribution is 5.96. The summed E-state index contributed by atoms with van der Waals surface area (Å²) in [6.45, 7) is 12.7. The molecule has 222 valence electrons. The quantitative estimate of drug-likeness (QED) is 0.249. The molecule has 2 saturated heterocycles. The number of nitrogens with zero attached hydrogens (tertiary/aromatic N) is 1. The molecule has 1 N–H and O–H groups in total. The Morgan fingerprint density at radius 1 is 0.878 bits per heavy atom. The van der Waals surface area contributed by atoms with Crippen molar-refractivity contribution in [3.63, 3.8) is 0 Å². The summed E-state index contributed by atoms with van der Waals surface area (Å²) in [6.07, 6.45) is 1.88. The van der Waals surface area contributed by atoms with E-state index < -0.39 is 41.3 Å². The summed E-state index contributed by atoms with van der Waals surface area (Å²) in [4.78, 5) is 40.2. The molecule has 2 aliphatic rings. The summed E-state index contributed by atoms with van der Waals surface area (Å²) >= 11 is 0. The molecule has 1 amide bonds. The first-order valence-electron chi connectivity index (χ1n) is 15.1. The average molecular weight is 562 g/mol. The van der Waals surface area contributed by atoms with Gasteiger partial charge in [0.15, 0.2) is 0 Å². The Bertz CT molecular complexity index is 1220. The zero-order valence-electron chi connectivity index (χ0n) is 25.7. The van der Waals surface area contributed by atoms with Gasteiger partial charge in [-0.25, -0.2) is 0 Å². The van der Waals surface area contributed by atoms with E-state index in [2.05, 4.69) is 71.0 Å². The highest BCUT2D eigenvalue weighted by Gasteiger charge is 2.54. The second kappa shape index (κ2) is 12.1. The molecule has 2 aromatic rings. The number of aliphatic hydroxyl groups excluding tert-OH is 1. The summed E-state index contributed by atoms with van der Waals surface area (Å²) in [5, 5.41) is 11.5. The Kier molecular flexibility index (Phi) is 9.13. The monoisotopic (exact) mass is 561 g/mol. The van der Waals surface area contributed by atoms with E-state index >= 15 is 0 Å². The minimum atomic E-state index is -0.872. The van der Waals surface area contributed by atoms with Gasteiger partial charge >= 0.3 is 11.9 Å². The van der Waals surface area contributed by atoms with Crippen molar-refractivity contribution in [1.29, 1.82) is 0 Å². The molecular formula is C35H47NO5. The molecule has 7 unspecified atom stereocenters. The molecule has 4 rings (SSSR count). The lowest BCUT2D eigenvalue weighted by molar-refractivity contribution is -0.154. The second-order valence-electron chi connectivity index (χ2n) is 13.7. The topological polar surface area (TPSA) is 83.9 Å². The van der Waals surface area contributed by atoms with Crippen LogP contribution in [0.4, 0.5) is 0 Å². The number of hydrogen-bond donors (Lipinski definition) is 1. The Labute approximate surface area is 245 Å². The largest absolute Gasteiger partial charge is 0.393 e. The van der Waals surface area contributed by atoms with Crippen molar-refractivity contribution in [3.8, 4) is 0 Å². The van der Waals surface area contributed by atoms with Crippen molar-refractivity contribution in [3.05, 3.63) is 71.8 Å². The van der Waals surface area contributed by atoms with Crippen LogP contribution in [-0.2, 0) is 19.1 Å². The lowest BCUT2D eigenvalue weighted by atomic mass is 9.62. The van der Waals surface area contributed by atoms with E-state index in [1.807, 2.05) is 24.3 Å². The molecule has 0 radical (unpaired) electrons. The lowest BCUT2D eigenvalue weighted by Gasteiger charge is -2.41. The average Bonchev–Trinajstić information content (AvgIpc) is 3.32. The van der Waals surface area contributed by atoms with Crippen LogP contribution in [0.3, 0.4) is 0 Å². The molecule has 2 aliphatic heterocycles. The van der Waals surface area contributed by atoms with Gasteiger partial charge in [-0.2, -0.15) is 0 Å². The lowest BCUT2D eigenvalue weighted by Crippen LogP contribution is -2.38. The van der Waals surface area contributed by atoms with Crippen molar-refractivity contribution in [2.75, 3.05) is 7.05 Å². The number of rotatable bonds is 11. The molecule has 0 bridgehead atoms. The van der Waals surface area contributed by atoms with Gasteiger partial charge in [0.1, 0.15) is 6.23 Å². The van der Waals surface area contributed by atoms with Crippen LogP contribution in [0.2, 0.25) is 0 Å². The van der Waals surface area contributed by atoms with Gasteiger partial charge < -0.3 is 14.7 Å². The standard InChI is InChI=1S/C35H47NO5/c1-8-34(3,4)28(24-17-13-10-14-18-24)20-27-29(31(38)36(7)30(27)37)35(5,6)21-25(23-15-11-9-12-16-23)19-26-22(2)32(39)41-33(26)40/h9-18,22,25-30,37H,8,19-21H2,1-7H3.